The first-order valence-electron chi connectivity index (χ1n) is 8.12. The van der Waals surface area contributed by atoms with Crippen LogP contribution in [0.4, 0.5) is 5.69 Å². The van der Waals surface area contributed by atoms with Crippen LogP contribution in [0.5, 0.6) is 0 Å². The molecule has 1 atom stereocenters. The lowest BCUT2D eigenvalue weighted by Gasteiger charge is -2.32. The molecule has 3 rings (SSSR count). The molecular weight excluding hydrogens is 292 g/mol. The zero-order chi connectivity index (χ0) is 16.2. The van der Waals surface area contributed by atoms with Gasteiger partial charge in [0.05, 0.1) is 6.42 Å². The molecule has 0 aliphatic carbocycles. The Morgan fingerprint density at radius 1 is 1.22 bits per heavy atom. The van der Waals surface area contributed by atoms with Gasteiger partial charge in [0.1, 0.15) is 6.04 Å². The average Bonchev–Trinajstić information content (AvgIpc) is 2.57. The number of anilines is 1. The second-order valence-electron chi connectivity index (χ2n) is 6.12. The quantitative estimate of drug-likeness (QED) is 0.872. The molecule has 0 radical (unpaired) electrons. The number of carbonyl (C=O) groups excluding carboxylic acids is 2. The molecule has 23 heavy (non-hydrogen) atoms. The number of nitrogens with one attached hydrogen (secondary N) is 2. The van der Waals surface area contributed by atoms with Gasteiger partial charge in [0.15, 0.2) is 0 Å². The van der Waals surface area contributed by atoms with Gasteiger partial charge in [0, 0.05) is 18.8 Å². The van der Waals surface area contributed by atoms with Crippen LogP contribution >= 0.6 is 0 Å². The Bertz CT molecular complexity index is 618. The fraction of sp³-hybridized carbons (Fsp3) is 0.471. The lowest BCUT2D eigenvalue weighted by atomic mass is 10.1. The van der Waals surface area contributed by atoms with Crippen LogP contribution < -0.4 is 10.6 Å². The SMILES string of the molecule is Cc1ccc(NC(=O)[C@@H]2CC(=O)NC(N3CCCCC3)=N2)cc1. The molecule has 2 N–H and O–H groups in total. The normalized spacial score (nSPS) is 21.4. The lowest BCUT2D eigenvalue weighted by Crippen LogP contribution is -2.51. The summed E-state index contributed by atoms with van der Waals surface area (Å²) in [6.45, 7) is 3.75. The summed E-state index contributed by atoms with van der Waals surface area (Å²) in [4.78, 5) is 30.9. The first-order valence-corrected chi connectivity index (χ1v) is 8.12. The van der Waals surface area contributed by atoms with Crippen molar-refractivity contribution in [2.45, 2.75) is 38.6 Å². The summed E-state index contributed by atoms with van der Waals surface area (Å²) >= 11 is 0. The summed E-state index contributed by atoms with van der Waals surface area (Å²) in [5.41, 5.74) is 1.85. The van der Waals surface area contributed by atoms with Crippen LogP contribution in [-0.4, -0.2) is 41.8 Å². The smallest absolute Gasteiger partial charge is 0.249 e. The number of carbonyl (C=O) groups is 2. The molecule has 6 nitrogen and oxygen atoms in total. The highest BCUT2D eigenvalue weighted by molar-refractivity contribution is 6.05. The Balaban J connectivity index is 1.70. The standard InChI is InChI=1S/C17H22N4O2/c1-12-5-7-13(8-6-12)18-16(23)14-11-15(22)20-17(19-14)21-9-3-2-4-10-21/h5-8,14H,2-4,9-11H2,1H3,(H,18,23)(H,19,20,22)/t14-/m0/s1. The van der Waals surface area contributed by atoms with Gasteiger partial charge < -0.3 is 10.2 Å². The highest BCUT2D eigenvalue weighted by atomic mass is 16.2. The van der Waals surface area contributed by atoms with E-state index in [9.17, 15) is 9.59 Å². The van der Waals surface area contributed by atoms with Crippen LogP contribution in [0, 0.1) is 6.92 Å². The molecule has 0 spiro atoms. The number of aryl methyl sites for hydroxylation is 1. The summed E-state index contributed by atoms with van der Waals surface area (Å²) in [6.07, 6.45) is 3.48. The Morgan fingerprint density at radius 3 is 2.61 bits per heavy atom. The largest absolute Gasteiger partial charge is 0.343 e. The summed E-state index contributed by atoms with van der Waals surface area (Å²) < 4.78 is 0. The minimum absolute atomic E-state index is 0.0923. The van der Waals surface area contributed by atoms with Crippen molar-refractivity contribution in [1.82, 2.24) is 10.2 Å². The van der Waals surface area contributed by atoms with Crippen molar-refractivity contribution in [3.05, 3.63) is 29.8 Å². The Labute approximate surface area is 136 Å². The number of hydrogen-bond donors (Lipinski definition) is 2. The zero-order valence-electron chi connectivity index (χ0n) is 13.3. The molecule has 122 valence electrons. The number of piperidine rings is 1. The molecule has 2 heterocycles. The highest BCUT2D eigenvalue weighted by Crippen LogP contribution is 2.15. The van der Waals surface area contributed by atoms with Crippen LogP contribution in [0.3, 0.4) is 0 Å². The van der Waals surface area contributed by atoms with E-state index in [4.69, 9.17) is 0 Å². The molecule has 2 amide bonds. The van der Waals surface area contributed by atoms with Crippen LogP contribution in [0.15, 0.2) is 29.3 Å². The highest BCUT2D eigenvalue weighted by Gasteiger charge is 2.29. The van der Waals surface area contributed by atoms with E-state index >= 15 is 0 Å². The number of amides is 2. The van der Waals surface area contributed by atoms with E-state index in [1.54, 1.807) is 0 Å². The van der Waals surface area contributed by atoms with E-state index in [-0.39, 0.29) is 18.2 Å². The van der Waals surface area contributed by atoms with E-state index in [0.717, 1.165) is 37.2 Å². The Hall–Kier alpha value is -2.37. The van der Waals surface area contributed by atoms with Crippen molar-refractivity contribution < 1.29 is 9.59 Å². The number of guanidine groups is 1. The molecule has 0 bridgehead atoms. The summed E-state index contributed by atoms with van der Waals surface area (Å²) in [5.74, 6) is 0.160. The Morgan fingerprint density at radius 2 is 1.91 bits per heavy atom. The summed E-state index contributed by atoms with van der Waals surface area (Å²) in [5, 5.41) is 5.64. The van der Waals surface area contributed by atoms with Crippen molar-refractivity contribution in [3.63, 3.8) is 0 Å². The third kappa shape index (κ3) is 3.88. The number of benzene rings is 1. The van der Waals surface area contributed by atoms with E-state index < -0.39 is 6.04 Å². The van der Waals surface area contributed by atoms with Gasteiger partial charge in [-0.2, -0.15) is 0 Å². The maximum atomic E-state index is 12.4. The molecule has 0 saturated carbocycles. The molecule has 1 saturated heterocycles. The van der Waals surface area contributed by atoms with Gasteiger partial charge in [-0.1, -0.05) is 17.7 Å². The third-order valence-electron chi connectivity index (χ3n) is 4.19. The van der Waals surface area contributed by atoms with Crippen molar-refractivity contribution in [2.75, 3.05) is 18.4 Å². The molecule has 0 unspecified atom stereocenters. The van der Waals surface area contributed by atoms with Gasteiger partial charge in [0.2, 0.25) is 17.8 Å². The third-order valence-corrected chi connectivity index (χ3v) is 4.19. The molecule has 2 aliphatic rings. The summed E-state index contributed by atoms with van der Waals surface area (Å²) in [7, 11) is 0. The molecule has 0 aromatic heterocycles. The first-order chi connectivity index (χ1) is 11.1. The molecule has 1 aromatic rings. The van der Waals surface area contributed by atoms with Crippen LogP contribution in [0.25, 0.3) is 0 Å². The van der Waals surface area contributed by atoms with Crippen molar-refractivity contribution in [1.29, 1.82) is 0 Å². The van der Waals surface area contributed by atoms with Gasteiger partial charge in [-0.3, -0.25) is 14.9 Å². The molecule has 6 heteroatoms. The van der Waals surface area contributed by atoms with E-state index in [1.807, 2.05) is 31.2 Å². The van der Waals surface area contributed by atoms with E-state index in [0.29, 0.717) is 5.96 Å². The predicted octanol–water partition coefficient (Wildman–Crippen LogP) is 1.66. The Kier molecular flexibility index (Phi) is 4.60. The lowest BCUT2D eigenvalue weighted by molar-refractivity contribution is -0.125. The minimum Gasteiger partial charge on any atom is -0.343 e. The minimum atomic E-state index is -0.665. The number of rotatable bonds is 2. The average molecular weight is 314 g/mol. The number of aliphatic imine (C=N–C) groups is 1. The fourth-order valence-corrected chi connectivity index (χ4v) is 2.86. The summed E-state index contributed by atoms with van der Waals surface area (Å²) in [6, 6.07) is 6.91. The maximum absolute atomic E-state index is 12.4. The van der Waals surface area contributed by atoms with Gasteiger partial charge in [-0.15, -0.1) is 0 Å². The van der Waals surface area contributed by atoms with Crippen molar-refractivity contribution in [2.24, 2.45) is 4.99 Å². The molecule has 1 fully saturated rings. The predicted molar refractivity (Wildman–Crippen MR) is 89.2 cm³/mol. The number of hydrogen-bond acceptors (Lipinski definition) is 4. The van der Waals surface area contributed by atoms with Crippen LogP contribution in [-0.2, 0) is 9.59 Å². The molecule has 2 aliphatic heterocycles. The van der Waals surface area contributed by atoms with Crippen LogP contribution in [0.1, 0.15) is 31.2 Å². The zero-order valence-corrected chi connectivity index (χ0v) is 13.3. The number of likely N-dealkylation sites (tertiary alicyclic amines) is 1. The van der Waals surface area contributed by atoms with Gasteiger partial charge in [-0.25, -0.2) is 4.99 Å². The molecule has 1 aromatic carbocycles. The topological polar surface area (TPSA) is 73.8 Å². The maximum Gasteiger partial charge on any atom is 0.249 e. The fourth-order valence-electron chi connectivity index (χ4n) is 2.86. The van der Waals surface area contributed by atoms with E-state index in [1.165, 1.54) is 6.42 Å². The van der Waals surface area contributed by atoms with Gasteiger partial charge in [0.25, 0.3) is 0 Å². The molecular formula is C17H22N4O2. The van der Waals surface area contributed by atoms with Crippen molar-refractivity contribution >= 4 is 23.5 Å². The van der Waals surface area contributed by atoms with Gasteiger partial charge in [-0.05, 0) is 38.3 Å². The second kappa shape index (κ2) is 6.81. The second-order valence-corrected chi connectivity index (χ2v) is 6.12. The van der Waals surface area contributed by atoms with Gasteiger partial charge >= 0.3 is 0 Å². The first kappa shape index (κ1) is 15.5. The monoisotopic (exact) mass is 314 g/mol. The van der Waals surface area contributed by atoms with Crippen LogP contribution in [0.2, 0.25) is 0 Å². The number of nitrogens with zero attached hydrogens (tertiary/aromatic N) is 2. The van der Waals surface area contributed by atoms with E-state index in [2.05, 4.69) is 20.5 Å². The van der Waals surface area contributed by atoms with Crippen molar-refractivity contribution in [3.8, 4) is 0 Å².